The van der Waals surface area contributed by atoms with Crippen LogP contribution in [0, 0.1) is 18.8 Å². The van der Waals surface area contributed by atoms with E-state index >= 15 is 0 Å². The molecule has 7 aromatic carbocycles. The molecular weight excluding hydrogens is 844 g/mol. The van der Waals surface area contributed by atoms with Crippen molar-refractivity contribution < 1.29 is 25.8 Å². The molecule has 0 bridgehead atoms. The monoisotopic (exact) mass is 874 g/mol. The molecule has 9 aromatic rings. The number of fused-ring (bicyclic) bond motifs is 4. The maximum absolute atomic E-state index is 6.53. The van der Waals surface area contributed by atoms with E-state index in [4.69, 9.17) is 4.74 Å². The van der Waals surface area contributed by atoms with Gasteiger partial charge in [0.05, 0.1) is 0 Å². The summed E-state index contributed by atoms with van der Waals surface area (Å²) in [4.78, 5) is 9.16. The van der Waals surface area contributed by atoms with Crippen LogP contribution in [0.1, 0.15) is 0 Å². The fourth-order valence-corrected chi connectivity index (χ4v) is 7.40. The summed E-state index contributed by atoms with van der Waals surface area (Å²) in [6, 6.07) is 67.8. The predicted molar refractivity (Wildman–Crippen MR) is 215 cm³/mol. The second kappa shape index (κ2) is 14.2. The molecule has 0 N–H and O–H groups in total. The molecule has 0 aliphatic carbocycles. The van der Waals surface area contributed by atoms with Crippen molar-refractivity contribution in [1.29, 1.82) is 0 Å². The smallest absolute Gasteiger partial charge is 0.135 e. The van der Waals surface area contributed by atoms with Gasteiger partial charge in [-0.15, -0.1) is 48.1 Å². The van der Waals surface area contributed by atoms with Crippen LogP contribution in [0.2, 0.25) is 0 Å². The quantitative estimate of drug-likeness (QED) is 0.149. The zero-order chi connectivity index (χ0) is 35.1. The number of hydrogen-bond acceptors (Lipinski definition) is 4. The van der Waals surface area contributed by atoms with Crippen molar-refractivity contribution in [3.05, 3.63) is 201 Å². The Morgan fingerprint density at radius 3 is 1.85 bits per heavy atom. The van der Waals surface area contributed by atoms with Crippen molar-refractivity contribution in [3.8, 4) is 39.6 Å². The summed E-state index contributed by atoms with van der Waals surface area (Å²) >= 11 is 0. The molecule has 1 aliphatic rings. The normalized spacial score (nSPS) is 12.1. The van der Waals surface area contributed by atoms with Gasteiger partial charge in [0.1, 0.15) is 5.82 Å². The Hall–Kier alpha value is -6.42. The predicted octanol–water partition coefficient (Wildman–Crippen LogP) is 12.3. The average molecular weight is 875 g/mol. The van der Waals surface area contributed by atoms with Crippen LogP contribution < -0.4 is 14.5 Å². The zero-order valence-electron chi connectivity index (χ0n) is 28.9. The molecule has 6 heteroatoms. The van der Waals surface area contributed by atoms with Crippen molar-refractivity contribution in [2.24, 2.45) is 0 Å². The second-order valence-corrected chi connectivity index (χ2v) is 12.9. The topological polar surface area (TPSA) is 33.5 Å². The van der Waals surface area contributed by atoms with Crippen molar-refractivity contribution in [2.45, 2.75) is 0 Å². The molecule has 0 spiro atoms. The Morgan fingerprint density at radius 1 is 0.500 bits per heavy atom. The van der Waals surface area contributed by atoms with Crippen molar-refractivity contribution in [1.82, 2.24) is 9.55 Å². The van der Waals surface area contributed by atoms with E-state index in [0.29, 0.717) is 11.5 Å². The van der Waals surface area contributed by atoms with E-state index in [0.717, 1.165) is 72.6 Å². The van der Waals surface area contributed by atoms with Crippen molar-refractivity contribution in [3.63, 3.8) is 0 Å². The molecule has 0 radical (unpaired) electrons. The maximum atomic E-state index is 6.53. The van der Waals surface area contributed by atoms with E-state index in [1.54, 1.807) is 0 Å². The zero-order valence-corrected chi connectivity index (χ0v) is 31.2. The fourth-order valence-electron chi connectivity index (χ4n) is 7.40. The summed E-state index contributed by atoms with van der Waals surface area (Å²) in [6.07, 6.45) is 1.81. The summed E-state index contributed by atoms with van der Waals surface area (Å²) in [5.74, 6) is 2.03. The van der Waals surface area contributed by atoms with Crippen LogP contribution in [0.5, 0.6) is 11.5 Å². The Kier molecular flexibility index (Phi) is 8.78. The number of pyridine rings is 1. The SMILES string of the molecule is [Pt].[c-]1c(Oc2[c-]c3c(cc2)c2ccccc2n3-c2ccccn2)cccc1N1[CH-]N(c2c(-c3ccccc3)cccc2-c2ccccc2)c2ccccc21. The number of anilines is 4. The van der Waals surface area contributed by atoms with Gasteiger partial charge >= 0.3 is 0 Å². The van der Waals surface area contributed by atoms with Crippen LogP contribution in [0.4, 0.5) is 22.7 Å². The summed E-state index contributed by atoms with van der Waals surface area (Å²) in [6.45, 7) is 2.16. The van der Waals surface area contributed by atoms with Gasteiger partial charge in [-0.25, -0.2) is 4.98 Å². The first kappa shape index (κ1) is 33.4. The molecule has 0 saturated carbocycles. The van der Waals surface area contributed by atoms with Crippen LogP contribution in [0.25, 0.3) is 49.9 Å². The number of para-hydroxylation sites is 4. The van der Waals surface area contributed by atoms with E-state index in [9.17, 15) is 0 Å². The molecule has 54 heavy (non-hydrogen) atoms. The molecule has 0 saturated heterocycles. The first-order valence-corrected chi connectivity index (χ1v) is 17.6. The van der Waals surface area contributed by atoms with Gasteiger partial charge in [-0.1, -0.05) is 121 Å². The van der Waals surface area contributed by atoms with E-state index in [2.05, 4.69) is 178 Å². The molecule has 5 nitrogen and oxygen atoms in total. The number of aromatic nitrogens is 2. The van der Waals surface area contributed by atoms with E-state index < -0.39 is 0 Å². The minimum Gasteiger partial charge on any atom is -0.509 e. The van der Waals surface area contributed by atoms with Crippen LogP contribution in [-0.4, -0.2) is 9.55 Å². The third-order valence-corrected chi connectivity index (χ3v) is 9.75. The van der Waals surface area contributed by atoms with E-state index in [1.165, 1.54) is 0 Å². The Balaban J connectivity index is 0.00000384. The van der Waals surface area contributed by atoms with Gasteiger partial charge in [0.15, 0.2) is 0 Å². The molecule has 262 valence electrons. The number of nitrogens with zero attached hydrogens (tertiary/aromatic N) is 4. The standard InChI is InChI=1S/C48H31N4O.Pt/c1-3-15-34(16-4-1)39-22-14-23-40(35-17-5-2-6-18-35)48(39)51-33-50(44-25-9-10-26-45(44)51)36-19-13-20-37(31-36)53-38-28-29-42-41-21-7-8-24-43(41)52(46(42)32-38)47-27-11-12-30-49-47;/h1-30,33H;/q-3;. The molecule has 0 unspecified atom stereocenters. The Morgan fingerprint density at radius 2 is 1.13 bits per heavy atom. The average Bonchev–Trinajstić information content (AvgIpc) is 3.78. The fraction of sp³-hybridized carbons (Fsp3) is 0. The van der Waals surface area contributed by atoms with E-state index in [-0.39, 0.29) is 21.1 Å². The third kappa shape index (κ3) is 5.84. The summed E-state index contributed by atoms with van der Waals surface area (Å²) < 4.78 is 8.67. The van der Waals surface area contributed by atoms with Gasteiger partial charge < -0.3 is 19.1 Å². The Labute approximate surface area is 328 Å². The minimum atomic E-state index is 0. The Bertz CT molecular complexity index is 2690. The molecule has 10 rings (SSSR count). The van der Waals surface area contributed by atoms with E-state index in [1.807, 2.05) is 42.6 Å². The molecular formula is C48H31N4OPt-3. The van der Waals surface area contributed by atoms with Crippen LogP contribution >= 0.6 is 0 Å². The number of benzene rings is 7. The second-order valence-electron chi connectivity index (χ2n) is 12.9. The summed E-state index contributed by atoms with van der Waals surface area (Å²) in [5.41, 5.74) is 10.7. The molecule has 2 aromatic heterocycles. The van der Waals surface area contributed by atoms with Gasteiger partial charge in [0.2, 0.25) is 0 Å². The first-order chi connectivity index (χ1) is 26.3. The van der Waals surface area contributed by atoms with Gasteiger partial charge in [-0.3, -0.25) is 0 Å². The number of hydrogen-bond donors (Lipinski definition) is 0. The first-order valence-electron chi connectivity index (χ1n) is 17.6. The largest absolute Gasteiger partial charge is 0.509 e. The number of rotatable bonds is 7. The maximum Gasteiger partial charge on any atom is 0.135 e. The van der Waals surface area contributed by atoms with Gasteiger partial charge in [-0.05, 0) is 46.8 Å². The van der Waals surface area contributed by atoms with Crippen LogP contribution in [-0.2, 0) is 21.1 Å². The minimum absolute atomic E-state index is 0. The molecule has 0 fully saturated rings. The van der Waals surface area contributed by atoms with Gasteiger partial charge in [0, 0.05) is 72.5 Å². The molecule has 1 aliphatic heterocycles. The van der Waals surface area contributed by atoms with Crippen LogP contribution in [0.15, 0.2) is 182 Å². The molecule has 3 heterocycles. The summed E-state index contributed by atoms with van der Waals surface area (Å²) in [5, 5.41) is 2.23. The molecule has 0 atom stereocenters. The third-order valence-electron chi connectivity index (χ3n) is 9.75. The van der Waals surface area contributed by atoms with Gasteiger partial charge in [0.25, 0.3) is 0 Å². The van der Waals surface area contributed by atoms with Crippen molar-refractivity contribution in [2.75, 3.05) is 9.80 Å². The molecule has 0 amide bonds. The van der Waals surface area contributed by atoms with Crippen LogP contribution in [0.3, 0.4) is 0 Å². The summed E-state index contributed by atoms with van der Waals surface area (Å²) in [7, 11) is 0. The number of ether oxygens (including phenoxy) is 1. The van der Waals surface area contributed by atoms with Gasteiger partial charge in [-0.2, -0.15) is 12.1 Å². The van der Waals surface area contributed by atoms with Crippen molar-refractivity contribution >= 4 is 44.6 Å².